The van der Waals surface area contributed by atoms with Crippen molar-refractivity contribution in [3.63, 3.8) is 0 Å². The number of esters is 1. The van der Waals surface area contributed by atoms with E-state index in [1.807, 2.05) is 24.3 Å². The fourth-order valence-corrected chi connectivity index (χ4v) is 4.35. The normalized spacial score (nSPS) is 20.1. The summed E-state index contributed by atoms with van der Waals surface area (Å²) in [7, 11) is 0. The van der Waals surface area contributed by atoms with Crippen LogP contribution in [0, 0.1) is 0 Å². The van der Waals surface area contributed by atoms with Gasteiger partial charge < -0.3 is 18.9 Å². The molecule has 2 heterocycles. The maximum Gasteiger partial charge on any atom is 0.509 e. The van der Waals surface area contributed by atoms with Crippen molar-refractivity contribution >= 4 is 29.6 Å². The van der Waals surface area contributed by atoms with E-state index in [0.717, 1.165) is 16.1 Å². The summed E-state index contributed by atoms with van der Waals surface area (Å²) in [6.07, 6.45) is -3.00. The van der Waals surface area contributed by atoms with Crippen LogP contribution in [0.5, 0.6) is 0 Å². The van der Waals surface area contributed by atoms with Crippen LogP contribution in [-0.2, 0) is 30.2 Å². The third kappa shape index (κ3) is 7.64. The molecular weight excluding hydrogens is 486 g/mol. The van der Waals surface area contributed by atoms with E-state index in [0.29, 0.717) is 6.42 Å². The Labute approximate surface area is 214 Å². The monoisotopic (exact) mass is 519 g/mol. The highest BCUT2D eigenvalue weighted by atomic mass is 32.1. The zero-order valence-corrected chi connectivity index (χ0v) is 22.5. The molecule has 10 nitrogen and oxygen atoms in total. The van der Waals surface area contributed by atoms with Gasteiger partial charge in [0.1, 0.15) is 21.7 Å². The van der Waals surface area contributed by atoms with Crippen LogP contribution < -0.4 is 0 Å². The lowest BCUT2D eigenvalue weighted by atomic mass is 10.00. The molecule has 0 aliphatic carbocycles. The van der Waals surface area contributed by atoms with Crippen LogP contribution in [-0.4, -0.2) is 69.3 Å². The molecule has 36 heavy (non-hydrogen) atoms. The zero-order chi connectivity index (χ0) is 26.7. The van der Waals surface area contributed by atoms with Crippen LogP contribution in [0.4, 0.5) is 9.59 Å². The van der Waals surface area contributed by atoms with Crippen molar-refractivity contribution < 1.29 is 33.3 Å². The maximum atomic E-state index is 13.1. The van der Waals surface area contributed by atoms with E-state index in [1.54, 1.807) is 47.1 Å². The van der Waals surface area contributed by atoms with Gasteiger partial charge in [-0.05, 0) is 53.5 Å². The Kier molecular flexibility index (Phi) is 8.22. The average molecular weight is 520 g/mol. The van der Waals surface area contributed by atoms with Gasteiger partial charge in [-0.2, -0.15) is 0 Å². The fourth-order valence-electron chi connectivity index (χ4n) is 3.79. The predicted molar refractivity (Wildman–Crippen MR) is 132 cm³/mol. The summed E-state index contributed by atoms with van der Waals surface area (Å²) >= 11 is 1.43. The van der Waals surface area contributed by atoms with Crippen LogP contribution in [0.1, 0.15) is 54.0 Å². The lowest BCUT2D eigenvalue weighted by molar-refractivity contribution is -0.153. The van der Waals surface area contributed by atoms with Crippen LogP contribution >= 0.6 is 11.3 Å². The minimum atomic E-state index is -0.929. The van der Waals surface area contributed by atoms with Gasteiger partial charge in [0, 0.05) is 12.5 Å². The number of nitrogens with zero attached hydrogens (tertiary/aromatic N) is 3. The second kappa shape index (κ2) is 10.8. The predicted octanol–water partition coefficient (Wildman–Crippen LogP) is 4.62. The van der Waals surface area contributed by atoms with Gasteiger partial charge in [0.15, 0.2) is 12.2 Å². The summed E-state index contributed by atoms with van der Waals surface area (Å²) in [4.78, 5) is 39.0. The maximum absolute atomic E-state index is 13.1. The summed E-state index contributed by atoms with van der Waals surface area (Å²) in [6, 6.07) is 7.02. The van der Waals surface area contributed by atoms with Gasteiger partial charge in [-0.25, -0.2) is 9.59 Å². The van der Waals surface area contributed by atoms with Crippen LogP contribution in [0.15, 0.2) is 29.8 Å². The molecule has 196 valence electrons. The first kappa shape index (κ1) is 27.4. The van der Waals surface area contributed by atoms with Crippen molar-refractivity contribution in [3.8, 4) is 10.6 Å². The van der Waals surface area contributed by atoms with Gasteiger partial charge in [0.25, 0.3) is 0 Å². The van der Waals surface area contributed by atoms with E-state index in [-0.39, 0.29) is 6.54 Å². The minimum absolute atomic E-state index is 0.0142. The van der Waals surface area contributed by atoms with Gasteiger partial charge in [0.05, 0.1) is 12.6 Å². The van der Waals surface area contributed by atoms with Gasteiger partial charge in [-0.15, -0.1) is 10.2 Å². The molecule has 0 spiro atoms. The number of carbonyl (C=O) groups is 3. The molecule has 1 aromatic heterocycles. The Balaban J connectivity index is 1.89. The molecular formula is C25H33N3O7S. The molecule has 1 aliphatic heterocycles. The highest BCUT2D eigenvalue weighted by Crippen LogP contribution is 2.30. The molecule has 1 saturated heterocycles. The Bertz CT molecular complexity index is 1060. The summed E-state index contributed by atoms with van der Waals surface area (Å²) in [6.45, 7) is 11.7. The number of hydrogen-bond donors (Lipinski definition) is 0. The fraction of sp³-hybridized carbons (Fsp3) is 0.560. The smallest absolute Gasteiger partial charge is 0.456 e. The molecule has 3 atom stereocenters. The van der Waals surface area contributed by atoms with E-state index >= 15 is 0 Å². The average Bonchev–Trinajstić information content (AvgIpc) is 3.36. The Hall–Kier alpha value is -3.21. The number of ether oxygens (including phenoxy) is 4. The lowest BCUT2D eigenvalue weighted by Gasteiger charge is -2.30. The summed E-state index contributed by atoms with van der Waals surface area (Å²) in [5.74, 6) is -0.555. The van der Waals surface area contributed by atoms with Gasteiger partial charge >= 0.3 is 18.2 Å². The van der Waals surface area contributed by atoms with Crippen LogP contribution in [0.3, 0.4) is 0 Å². The molecule has 1 aliphatic rings. The van der Waals surface area contributed by atoms with Gasteiger partial charge in [-0.1, -0.05) is 35.6 Å². The quantitative estimate of drug-likeness (QED) is 0.412. The molecule has 11 heteroatoms. The highest BCUT2D eigenvalue weighted by molar-refractivity contribution is 7.12. The van der Waals surface area contributed by atoms with Gasteiger partial charge in [-0.3, -0.25) is 9.69 Å². The third-order valence-electron chi connectivity index (χ3n) is 5.10. The topological polar surface area (TPSA) is 117 Å². The van der Waals surface area contributed by atoms with E-state index in [2.05, 4.69) is 10.2 Å². The molecule has 2 aromatic rings. The van der Waals surface area contributed by atoms with Crippen molar-refractivity contribution in [2.75, 3.05) is 6.54 Å². The van der Waals surface area contributed by atoms with E-state index < -0.39 is 47.7 Å². The number of benzene rings is 1. The van der Waals surface area contributed by atoms with Crippen molar-refractivity contribution in [2.24, 2.45) is 0 Å². The first-order valence-electron chi connectivity index (χ1n) is 11.6. The molecule has 0 bridgehead atoms. The van der Waals surface area contributed by atoms with Gasteiger partial charge in [0.2, 0.25) is 0 Å². The molecule has 3 rings (SSSR count). The highest BCUT2D eigenvalue weighted by Gasteiger charge is 2.49. The van der Waals surface area contributed by atoms with Crippen molar-refractivity contribution in [3.05, 3.63) is 35.3 Å². The summed E-state index contributed by atoms with van der Waals surface area (Å²) in [5, 5.41) is 8.73. The number of rotatable bonds is 5. The first-order chi connectivity index (χ1) is 16.7. The zero-order valence-electron chi connectivity index (χ0n) is 21.6. The Morgan fingerprint density at radius 2 is 1.64 bits per heavy atom. The third-order valence-corrected chi connectivity index (χ3v) is 5.84. The number of hydrogen-bond acceptors (Lipinski definition) is 10. The molecule has 0 N–H and O–H groups in total. The minimum Gasteiger partial charge on any atom is -0.456 e. The van der Waals surface area contributed by atoms with E-state index in [4.69, 9.17) is 18.9 Å². The van der Waals surface area contributed by atoms with E-state index in [9.17, 15) is 14.4 Å². The number of carbonyl (C=O) groups excluding carboxylic acids is 3. The molecule has 1 aromatic carbocycles. The summed E-state index contributed by atoms with van der Waals surface area (Å²) in [5.41, 5.74) is 1.95. The van der Waals surface area contributed by atoms with E-state index in [1.165, 1.54) is 23.2 Å². The Morgan fingerprint density at radius 3 is 2.17 bits per heavy atom. The second-order valence-corrected chi connectivity index (χ2v) is 11.4. The van der Waals surface area contributed by atoms with Crippen LogP contribution in [0.2, 0.25) is 0 Å². The SMILES string of the molecule is CC(=O)O[C@@H]1[C@@H](OC(=O)OC(C)(C)C)CN(C(=O)OC(C)(C)C)[C@@H]1Cc1ccc(-c2nncs2)cc1. The standard InChI is InChI=1S/C25H33N3O7S/c1-15(29)32-20-18(12-16-8-10-17(11-9-16)21-27-26-14-36-21)28(22(30)34-24(2,3)4)13-19(20)33-23(31)35-25(5,6)7/h8-11,14,18-20H,12-13H2,1-7H3/t18-,19+,20+/m1/s1. The second-order valence-electron chi connectivity index (χ2n) is 10.5. The van der Waals surface area contributed by atoms with Crippen molar-refractivity contribution in [2.45, 2.75) is 84.3 Å². The molecule has 0 radical (unpaired) electrons. The molecule has 0 saturated carbocycles. The van der Waals surface area contributed by atoms with Crippen molar-refractivity contribution in [1.29, 1.82) is 0 Å². The number of aromatic nitrogens is 2. The first-order valence-corrected chi connectivity index (χ1v) is 12.5. The number of likely N-dealkylation sites (tertiary alicyclic amines) is 1. The van der Waals surface area contributed by atoms with Crippen LogP contribution in [0.25, 0.3) is 10.6 Å². The summed E-state index contributed by atoms with van der Waals surface area (Å²) < 4.78 is 22.0. The molecule has 0 unspecified atom stereocenters. The molecule has 1 amide bonds. The molecule has 1 fully saturated rings. The number of amides is 1. The van der Waals surface area contributed by atoms with Crippen molar-refractivity contribution in [1.82, 2.24) is 15.1 Å². The lowest BCUT2D eigenvalue weighted by Crippen LogP contribution is -2.45. The Morgan fingerprint density at radius 1 is 1.00 bits per heavy atom. The largest absolute Gasteiger partial charge is 0.509 e.